The molecule has 2 N–H and O–H groups in total. The Morgan fingerprint density at radius 1 is 1.03 bits per heavy atom. The van der Waals surface area contributed by atoms with Crippen LogP contribution in [0, 0.1) is 11.8 Å². The predicted octanol–water partition coefficient (Wildman–Crippen LogP) is 4.52. The van der Waals surface area contributed by atoms with Crippen molar-refractivity contribution < 1.29 is 23.1 Å². The third kappa shape index (κ3) is 6.69. The number of methoxy groups -OCH3 is 1. The number of ether oxygens (including phenoxy) is 1. The zero-order valence-electron chi connectivity index (χ0n) is 21.1. The van der Waals surface area contributed by atoms with Gasteiger partial charge in [-0.05, 0) is 77.9 Å². The van der Waals surface area contributed by atoms with E-state index in [2.05, 4.69) is 34.8 Å². The van der Waals surface area contributed by atoms with Crippen LogP contribution in [0.2, 0.25) is 0 Å². The van der Waals surface area contributed by atoms with E-state index in [9.17, 15) is 18.3 Å². The number of nitrogens with zero attached hydrogens (tertiary/aromatic N) is 1. The van der Waals surface area contributed by atoms with Gasteiger partial charge in [0, 0.05) is 24.2 Å². The Bertz CT molecular complexity index is 1420. The molecule has 0 saturated carbocycles. The molecule has 0 spiro atoms. The molecule has 1 heterocycles. The number of carboxylic acid groups (broad SMARTS) is 1. The monoisotopic (exact) mass is 520 g/mol. The maximum absolute atomic E-state index is 12.7. The van der Waals surface area contributed by atoms with Gasteiger partial charge in [0.2, 0.25) is 0 Å². The van der Waals surface area contributed by atoms with Gasteiger partial charge in [-0.2, -0.15) is 17.4 Å². The normalized spacial score (nSPS) is 15.6. The van der Waals surface area contributed by atoms with Gasteiger partial charge in [-0.15, -0.1) is 0 Å². The van der Waals surface area contributed by atoms with Crippen LogP contribution in [-0.2, 0) is 15.0 Å². The average Bonchev–Trinajstić information content (AvgIpc) is 2.91. The minimum absolute atomic E-state index is 0.247. The SMILES string of the molecule is CCC[C@H](NS(=O)(=O)N1CCC(c2ccc(C#Cc3ccc4cc(OC)ccc4c3)cc2)CC1)C(=O)O. The van der Waals surface area contributed by atoms with Crippen molar-refractivity contribution in [2.75, 3.05) is 20.2 Å². The van der Waals surface area contributed by atoms with E-state index in [0.717, 1.165) is 33.2 Å². The maximum Gasteiger partial charge on any atom is 0.321 e. The standard InChI is InChI=1S/C29H32N2O5S/c1-3-4-28(29(32)33)30-37(34,35)31-17-15-24(16-18-31)23-10-7-21(8-11-23)5-6-22-9-12-26-20-27(36-2)14-13-25(26)19-22/h7-14,19-20,24,28,30H,3-4,15-18H2,1-2H3,(H,32,33)/t28-/m0/s1. The highest BCUT2D eigenvalue weighted by Crippen LogP contribution is 2.29. The molecule has 0 aliphatic carbocycles. The molecule has 0 unspecified atom stereocenters. The number of fused-ring (bicyclic) bond motifs is 1. The molecule has 8 heteroatoms. The number of piperidine rings is 1. The quantitative estimate of drug-likeness (QED) is 0.426. The fraction of sp³-hybridized carbons (Fsp3) is 0.345. The highest BCUT2D eigenvalue weighted by molar-refractivity contribution is 7.87. The van der Waals surface area contributed by atoms with Crippen molar-refractivity contribution in [1.82, 2.24) is 9.03 Å². The lowest BCUT2D eigenvalue weighted by atomic mass is 9.90. The zero-order chi connectivity index (χ0) is 26.4. The van der Waals surface area contributed by atoms with E-state index < -0.39 is 22.2 Å². The lowest BCUT2D eigenvalue weighted by molar-refractivity contribution is -0.139. The largest absolute Gasteiger partial charge is 0.497 e. The number of hydrogen-bond donors (Lipinski definition) is 2. The Morgan fingerprint density at radius 3 is 2.30 bits per heavy atom. The van der Waals surface area contributed by atoms with Gasteiger partial charge in [-0.3, -0.25) is 4.79 Å². The zero-order valence-corrected chi connectivity index (χ0v) is 21.9. The van der Waals surface area contributed by atoms with Crippen LogP contribution < -0.4 is 9.46 Å². The summed E-state index contributed by atoms with van der Waals surface area (Å²) in [5.41, 5.74) is 3.01. The van der Waals surface area contributed by atoms with Gasteiger partial charge in [0.1, 0.15) is 11.8 Å². The molecular formula is C29H32N2O5S. The molecule has 0 aromatic heterocycles. The second-order valence-corrected chi connectivity index (χ2v) is 11.0. The first-order chi connectivity index (χ1) is 17.8. The van der Waals surface area contributed by atoms with Crippen molar-refractivity contribution in [3.05, 3.63) is 77.4 Å². The highest BCUT2D eigenvalue weighted by atomic mass is 32.2. The van der Waals surface area contributed by atoms with Gasteiger partial charge in [-0.1, -0.05) is 49.5 Å². The molecule has 0 bridgehead atoms. The molecule has 1 fully saturated rings. The summed E-state index contributed by atoms with van der Waals surface area (Å²) in [6, 6.07) is 19.1. The van der Waals surface area contributed by atoms with Crippen molar-refractivity contribution in [2.24, 2.45) is 0 Å². The first-order valence-electron chi connectivity index (χ1n) is 12.5. The molecule has 1 aliphatic heterocycles. The van der Waals surface area contributed by atoms with Gasteiger partial charge in [0.15, 0.2) is 0 Å². The van der Waals surface area contributed by atoms with Crippen LogP contribution in [0.1, 0.15) is 55.2 Å². The molecule has 3 aromatic carbocycles. The van der Waals surface area contributed by atoms with Crippen LogP contribution in [0.15, 0.2) is 60.7 Å². The molecule has 37 heavy (non-hydrogen) atoms. The van der Waals surface area contributed by atoms with Gasteiger partial charge >= 0.3 is 5.97 Å². The topological polar surface area (TPSA) is 95.9 Å². The van der Waals surface area contributed by atoms with Crippen LogP contribution in [0.5, 0.6) is 5.75 Å². The van der Waals surface area contributed by atoms with Gasteiger partial charge in [-0.25, -0.2) is 0 Å². The number of nitrogens with one attached hydrogen (secondary N) is 1. The summed E-state index contributed by atoms with van der Waals surface area (Å²) >= 11 is 0. The Hall–Kier alpha value is -3.38. The average molecular weight is 521 g/mol. The first kappa shape index (κ1) is 26.7. The predicted molar refractivity (Wildman–Crippen MR) is 145 cm³/mol. The van der Waals surface area contributed by atoms with Gasteiger partial charge in [0.05, 0.1) is 7.11 Å². The first-order valence-corrected chi connectivity index (χ1v) is 13.9. The Morgan fingerprint density at radius 2 is 1.65 bits per heavy atom. The summed E-state index contributed by atoms with van der Waals surface area (Å²) in [4.78, 5) is 11.4. The number of benzene rings is 3. The summed E-state index contributed by atoms with van der Waals surface area (Å²) in [5, 5.41) is 11.5. The molecule has 1 aliphatic rings. The van der Waals surface area contributed by atoms with E-state index in [4.69, 9.17) is 4.74 Å². The third-order valence-electron chi connectivity index (χ3n) is 6.74. The van der Waals surface area contributed by atoms with Crippen molar-refractivity contribution in [2.45, 2.75) is 44.6 Å². The molecule has 194 valence electrons. The lowest BCUT2D eigenvalue weighted by Crippen LogP contribution is -2.50. The van der Waals surface area contributed by atoms with Crippen LogP contribution in [-0.4, -0.2) is 50.0 Å². The molecule has 1 atom stereocenters. The van der Waals surface area contributed by atoms with Crippen LogP contribution in [0.4, 0.5) is 0 Å². The number of carbonyl (C=O) groups is 1. The number of hydrogen-bond acceptors (Lipinski definition) is 4. The van der Waals surface area contributed by atoms with E-state index in [1.165, 1.54) is 4.31 Å². The summed E-state index contributed by atoms with van der Waals surface area (Å²) in [6.45, 7) is 2.54. The lowest BCUT2D eigenvalue weighted by Gasteiger charge is -2.32. The third-order valence-corrected chi connectivity index (χ3v) is 8.37. The van der Waals surface area contributed by atoms with E-state index in [-0.39, 0.29) is 12.3 Å². The molecule has 3 aromatic rings. The van der Waals surface area contributed by atoms with Crippen LogP contribution in [0.3, 0.4) is 0 Å². The van der Waals surface area contributed by atoms with Crippen molar-refractivity contribution >= 4 is 27.0 Å². The maximum atomic E-state index is 12.7. The van der Waals surface area contributed by atoms with Gasteiger partial charge < -0.3 is 9.84 Å². The number of rotatable bonds is 8. The van der Waals surface area contributed by atoms with Crippen LogP contribution >= 0.6 is 0 Å². The number of aliphatic carboxylic acids is 1. The fourth-order valence-corrected chi connectivity index (χ4v) is 6.04. The van der Waals surface area contributed by atoms with E-state index >= 15 is 0 Å². The second-order valence-electron chi connectivity index (χ2n) is 9.28. The van der Waals surface area contributed by atoms with Crippen molar-refractivity contribution in [3.8, 4) is 17.6 Å². The molecule has 0 radical (unpaired) electrons. The van der Waals surface area contributed by atoms with Crippen molar-refractivity contribution in [1.29, 1.82) is 0 Å². The van der Waals surface area contributed by atoms with Crippen molar-refractivity contribution in [3.63, 3.8) is 0 Å². The summed E-state index contributed by atoms with van der Waals surface area (Å²) < 4.78 is 34.4. The molecule has 1 saturated heterocycles. The molecular weight excluding hydrogens is 488 g/mol. The molecule has 4 rings (SSSR count). The summed E-state index contributed by atoms with van der Waals surface area (Å²) in [7, 11) is -2.18. The van der Waals surface area contributed by atoms with E-state index in [0.29, 0.717) is 32.4 Å². The van der Waals surface area contributed by atoms with Crippen LogP contribution in [0.25, 0.3) is 10.8 Å². The Labute approximate surface area is 218 Å². The minimum atomic E-state index is -3.84. The second kappa shape index (κ2) is 11.8. The smallest absolute Gasteiger partial charge is 0.321 e. The Balaban J connectivity index is 1.36. The fourth-order valence-electron chi connectivity index (χ4n) is 4.62. The summed E-state index contributed by atoms with van der Waals surface area (Å²) in [5.74, 6) is 6.38. The van der Waals surface area contributed by atoms with E-state index in [1.807, 2.05) is 49.4 Å². The molecule has 0 amide bonds. The Kier molecular flexibility index (Phi) is 8.49. The minimum Gasteiger partial charge on any atom is -0.497 e. The molecule has 7 nitrogen and oxygen atoms in total. The van der Waals surface area contributed by atoms with E-state index in [1.54, 1.807) is 7.11 Å². The van der Waals surface area contributed by atoms with Gasteiger partial charge in [0.25, 0.3) is 10.2 Å². The summed E-state index contributed by atoms with van der Waals surface area (Å²) in [6.07, 6.45) is 2.20. The highest BCUT2D eigenvalue weighted by Gasteiger charge is 2.32. The number of carboxylic acids is 1.